The molecule has 88 valence electrons. The van der Waals surface area contributed by atoms with E-state index in [1.807, 2.05) is 30.5 Å². The Morgan fingerprint density at radius 2 is 2.18 bits per heavy atom. The van der Waals surface area contributed by atoms with Gasteiger partial charge in [0, 0.05) is 21.7 Å². The maximum Gasteiger partial charge on any atom is 0.229 e. The van der Waals surface area contributed by atoms with E-state index in [1.165, 1.54) is 16.0 Å². The monoisotopic (exact) mass is 266 g/mol. The maximum absolute atomic E-state index is 5.98. The van der Waals surface area contributed by atoms with Crippen molar-refractivity contribution < 1.29 is 0 Å². The van der Waals surface area contributed by atoms with Crippen molar-refractivity contribution >= 4 is 29.2 Å². The average Bonchev–Trinajstić information content (AvgIpc) is 2.63. The number of hydrogen-bond donors (Lipinski definition) is 1. The van der Waals surface area contributed by atoms with Crippen LogP contribution in [0.3, 0.4) is 0 Å². The van der Waals surface area contributed by atoms with Crippen molar-refractivity contribution in [2.75, 3.05) is 5.84 Å². The van der Waals surface area contributed by atoms with E-state index in [1.54, 1.807) is 12.3 Å². The van der Waals surface area contributed by atoms with Gasteiger partial charge in [-0.2, -0.15) is 5.10 Å². The van der Waals surface area contributed by atoms with Gasteiger partial charge in [-0.3, -0.25) is 0 Å². The SMILES string of the molecule is Cc1csc(=NN=Cc2ccccc2Cl)n1N. The molecular formula is C11H11ClN4S. The number of rotatable bonds is 2. The van der Waals surface area contributed by atoms with E-state index in [0.717, 1.165) is 11.3 Å². The van der Waals surface area contributed by atoms with Crippen LogP contribution in [0, 0.1) is 6.92 Å². The minimum absolute atomic E-state index is 0.644. The molecule has 0 atom stereocenters. The zero-order valence-corrected chi connectivity index (χ0v) is 10.7. The van der Waals surface area contributed by atoms with Crippen LogP contribution in [0.5, 0.6) is 0 Å². The fourth-order valence-corrected chi connectivity index (χ4v) is 2.12. The highest BCUT2D eigenvalue weighted by Gasteiger charge is 1.95. The molecular weight excluding hydrogens is 256 g/mol. The molecule has 0 amide bonds. The molecule has 0 aliphatic rings. The lowest BCUT2D eigenvalue weighted by molar-refractivity contribution is 0.884. The van der Waals surface area contributed by atoms with Crippen molar-refractivity contribution in [3.8, 4) is 0 Å². The number of nitrogens with two attached hydrogens (primary N) is 1. The van der Waals surface area contributed by atoms with Gasteiger partial charge in [0.25, 0.3) is 0 Å². The quantitative estimate of drug-likeness (QED) is 0.505. The van der Waals surface area contributed by atoms with Gasteiger partial charge in [-0.05, 0) is 13.0 Å². The fourth-order valence-electron chi connectivity index (χ4n) is 1.19. The van der Waals surface area contributed by atoms with E-state index in [2.05, 4.69) is 10.2 Å². The minimum atomic E-state index is 0.644. The predicted octanol–water partition coefficient (Wildman–Crippen LogP) is 2.16. The first kappa shape index (κ1) is 11.9. The topological polar surface area (TPSA) is 55.7 Å². The molecule has 2 aromatic rings. The lowest BCUT2D eigenvalue weighted by Crippen LogP contribution is -2.23. The van der Waals surface area contributed by atoms with E-state index in [0.29, 0.717) is 9.82 Å². The summed E-state index contributed by atoms with van der Waals surface area (Å²) in [6.45, 7) is 1.91. The Morgan fingerprint density at radius 1 is 1.41 bits per heavy atom. The van der Waals surface area contributed by atoms with E-state index in [9.17, 15) is 0 Å². The Balaban J connectivity index is 2.26. The van der Waals surface area contributed by atoms with Gasteiger partial charge in [-0.15, -0.1) is 16.4 Å². The molecule has 0 bridgehead atoms. The molecule has 0 aliphatic carbocycles. The first-order valence-corrected chi connectivity index (χ1v) is 6.18. The smallest absolute Gasteiger partial charge is 0.229 e. The molecule has 1 heterocycles. The van der Waals surface area contributed by atoms with Gasteiger partial charge in [0.15, 0.2) is 0 Å². The van der Waals surface area contributed by atoms with Gasteiger partial charge >= 0.3 is 0 Å². The second-order valence-corrected chi connectivity index (χ2v) is 4.64. The van der Waals surface area contributed by atoms with Crippen LogP contribution < -0.4 is 10.6 Å². The first-order chi connectivity index (χ1) is 8.18. The molecule has 1 aromatic heterocycles. The Labute approximate surface area is 108 Å². The second kappa shape index (κ2) is 5.16. The number of hydrogen-bond acceptors (Lipinski definition) is 4. The average molecular weight is 267 g/mol. The molecule has 6 heteroatoms. The molecule has 2 rings (SSSR count). The van der Waals surface area contributed by atoms with Gasteiger partial charge in [0.2, 0.25) is 4.80 Å². The standard InChI is InChI=1S/C11H11ClN4S/c1-8-7-17-11(16(8)13)15-14-6-9-4-2-3-5-10(9)12/h2-7H,13H2,1H3. The minimum Gasteiger partial charge on any atom is -0.337 e. The van der Waals surface area contributed by atoms with E-state index in [4.69, 9.17) is 17.4 Å². The van der Waals surface area contributed by atoms with Gasteiger partial charge in [-0.1, -0.05) is 29.8 Å². The van der Waals surface area contributed by atoms with Gasteiger partial charge in [0.1, 0.15) is 0 Å². The molecule has 0 fully saturated rings. The van der Waals surface area contributed by atoms with Crippen LogP contribution in [0.25, 0.3) is 0 Å². The van der Waals surface area contributed by atoms with Crippen molar-refractivity contribution in [3.05, 3.63) is 50.7 Å². The summed E-state index contributed by atoms with van der Waals surface area (Å²) in [5, 5.41) is 10.6. The van der Waals surface area contributed by atoms with E-state index >= 15 is 0 Å². The predicted molar refractivity (Wildman–Crippen MR) is 71.8 cm³/mol. The molecule has 17 heavy (non-hydrogen) atoms. The number of aryl methyl sites for hydroxylation is 1. The number of nitrogens with zero attached hydrogens (tertiary/aromatic N) is 3. The largest absolute Gasteiger partial charge is 0.337 e. The summed E-state index contributed by atoms with van der Waals surface area (Å²) in [4.78, 5) is 0.644. The molecule has 0 spiro atoms. The number of thiazole rings is 1. The van der Waals surface area contributed by atoms with Gasteiger partial charge in [0.05, 0.1) is 6.21 Å². The highest BCUT2D eigenvalue weighted by molar-refractivity contribution is 7.07. The highest BCUT2D eigenvalue weighted by Crippen LogP contribution is 2.12. The molecule has 0 saturated carbocycles. The van der Waals surface area contributed by atoms with Gasteiger partial charge < -0.3 is 5.84 Å². The Morgan fingerprint density at radius 3 is 2.82 bits per heavy atom. The lowest BCUT2D eigenvalue weighted by atomic mass is 10.2. The zero-order chi connectivity index (χ0) is 12.3. The van der Waals surface area contributed by atoms with Crippen LogP contribution >= 0.6 is 22.9 Å². The summed E-state index contributed by atoms with van der Waals surface area (Å²) >= 11 is 7.42. The van der Waals surface area contributed by atoms with Crippen LogP contribution in [0.2, 0.25) is 5.02 Å². The molecule has 0 unspecified atom stereocenters. The third-order valence-electron chi connectivity index (χ3n) is 2.17. The van der Waals surface area contributed by atoms with E-state index < -0.39 is 0 Å². The first-order valence-electron chi connectivity index (χ1n) is 4.92. The number of aromatic nitrogens is 1. The van der Waals surface area contributed by atoms with Crippen LogP contribution in [-0.2, 0) is 0 Å². The summed E-state index contributed by atoms with van der Waals surface area (Å²) in [5.74, 6) is 5.75. The highest BCUT2D eigenvalue weighted by atomic mass is 35.5. The van der Waals surface area contributed by atoms with Gasteiger partial charge in [-0.25, -0.2) is 4.68 Å². The zero-order valence-electron chi connectivity index (χ0n) is 9.17. The molecule has 0 saturated heterocycles. The van der Waals surface area contributed by atoms with Crippen molar-refractivity contribution in [2.45, 2.75) is 6.92 Å². The molecule has 1 aromatic carbocycles. The van der Waals surface area contributed by atoms with Crippen LogP contribution in [0.4, 0.5) is 0 Å². The summed E-state index contributed by atoms with van der Waals surface area (Å²) in [6, 6.07) is 7.44. The van der Waals surface area contributed by atoms with Crippen molar-refractivity contribution in [3.63, 3.8) is 0 Å². The van der Waals surface area contributed by atoms with Crippen LogP contribution in [0.15, 0.2) is 39.8 Å². The lowest BCUT2D eigenvalue weighted by Gasteiger charge is -1.94. The fraction of sp³-hybridized carbons (Fsp3) is 0.0909. The summed E-state index contributed by atoms with van der Waals surface area (Å²) in [5.41, 5.74) is 1.77. The number of halogens is 1. The van der Waals surface area contributed by atoms with Crippen molar-refractivity contribution in [1.29, 1.82) is 0 Å². The number of benzene rings is 1. The normalized spacial score (nSPS) is 12.5. The summed E-state index contributed by atoms with van der Waals surface area (Å²) in [6.07, 6.45) is 1.61. The number of nitrogen functional groups attached to an aromatic ring is 1. The maximum atomic E-state index is 5.98. The Kier molecular flexibility index (Phi) is 3.61. The third kappa shape index (κ3) is 2.75. The van der Waals surface area contributed by atoms with Crippen LogP contribution in [0.1, 0.15) is 11.3 Å². The molecule has 4 nitrogen and oxygen atoms in total. The molecule has 0 radical (unpaired) electrons. The van der Waals surface area contributed by atoms with Crippen LogP contribution in [-0.4, -0.2) is 10.9 Å². The second-order valence-electron chi connectivity index (χ2n) is 3.40. The third-order valence-corrected chi connectivity index (χ3v) is 3.46. The summed E-state index contributed by atoms with van der Waals surface area (Å²) in [7, 11) is 0. The Hall–Kier alpha value is -1.59. The summed E-state index contributed by atoms with van der Waals surface area (Å²) < 4.78 is 1.49. The molecule has 2 N–H and O–H groups in total. The molecule has 0 aliphatic heterocycles. The van der Waals surface area contributed by atoms with Crippen molar-refractivity contribution in [1.82, 2.24) is 4.68 Å². The van der Waals surface area contributed by atoms with Crippen molar-refractivity contribution in [2.24, 2.45) is 10.2 Å². The van der Waals surface area contributed by atoms with E-state index in [-0.39, 0.29) is 0 Å². The Bertz CT molecular complexity index is 612.